The van der Waals surface area contributed by atoms with Gasteiger partial charge in [0.1, 0.15) is 0 Å². The monoisotopic (exact) mass is 292 g/mol. The van der Waals surface area contributed by atoms with Crippen molar-refractivity contribution < 1.29 is 0 Å². The van der Waals surface area contributed by atoms with Crippen molar-refractivity contribution in [2.45, 2.75) is 51.1 Å². The molecule has 0 aromatic heterocycles. The summed E-state index contributed by atoms with van der Waals surface area (Å²) in [5, 5.41) is 4.65. The van der Waals surface area contributed by atoms with Crippen molar-refractivity contribution in [1.29, 1.82) is 0 Å². The first-order valence-corrected chi connectivity index (χ1v) is 8.38. The van der Waals surface area contributed by atoms with E-state index >= 15 is 0 Å². The number of rotatable bonds is 2. The fourth-order valence-electron chi connectivity index (χ4n) is 3.76. The van der Waals surface area contributed by atoms with Crippen LogP contribution in [0.2, 0.25) is 5.02 Å². The highest BCUT2D eigenvalue weighted by atomic mass is 35.5. The minimum atomic E-state index is 0.509. The Bertz CT molecular complexity index is 442. The molecule has 2 nitrogen and oxygen atoms in total. The molecule has 1 aromatic rings. The summed E-state index contributed by atoms with van der Waals surface area (Å²) in [6.45, 7) is 4.44. The molecule has 1 aliphatic heterocycles. The molecule has 1 N–H and O–H groups in total. The van der Waals surface area contributed by atoms with Crippen LogP contribution in [0, 0.1) is 5.92 Å². The topological polar surface area (TPSA) is 15.3 Å². The molecule has 1 saturated carbocycles. The van der Waals surface area contributed by atoms with Gasteiger partial charge in [0, 0.05) is 25.2 Å². The van der Waals surface area contributed by atoms with Crippen molar-refractivity contribution in [3.8, 4) is 0 Å². The predicted octanol–water partition coefficient (Wildman–Crippen LogP) is 4.09. The highest BCUT2D eigenvalue weighted by Crippen LogP contribution is 2.32. The molecule has 0 amide bonds. The van der Waals surface area contributed by atoms with Gasteiger partial charge in [0.25, 0.3) is 0 Å². The Morgan fingerprint density at radius 2 is 1.90 bits per heavy atom. The van der Waals surface area contributed by atoms with Crippen LogP contribution in [0.15, 0.2) is 24.3 Å². The van der Waals surface area contributed by atoms with E-state index in [2.05, 4.69) is 29.3 Å². The van der Waals surface area contributed by atoms with Crippen LogP contribution in [0.3, 0.4) is 0 Å². The lowest BCUT2D eigenvalue weighted by Crippen LogP contribution is -2.58. The number of hydrogen-bond donors (Lipinski definition) is 1. The normalized spacial score (nSPS) is 28.6. The molecule has 20 heavy (non-hydrogen) atoms. The van der Waals surface area contributed by atoms with Crippen LogP contribution in [0.5, 0.6) is 0 Å². The maximum absolute atomic E-state index is 6.39. The average Bonchev–Trinajstić information content (AvgIpc) is 2.49. The first kappa shape index (κ1) is 14.2. The summed E-state index contributed by atoms with van der Waals surface area (Å²) in [6.07, 6.45) is 7.02. The summed E-state index contributed by atoms with van der Waals surface area (Å²) in [7, 11) is 0. The van der Waals surface area contributed by atoms with Crippen molar-refractivity contribution >= 4 is 17.3 Å². The largest absolute Gasteiger partial charge is 0.365 e. The van der Waals surface area contributed by atoms with Crippen LogP contribution in [-0.2, 0) is 0 Å². The molecule has 1 heterocycles. The Morgan fingerprint density at radius 3 is 2.65 bits per heavy atom. The van der Waals surface area contributed by atoms with Crippen LogP contribution >= 0.6 is 11.6 Å². The van der Waals surface area contributed by atoms with E-state index < -0.39 is 0 Å². The first-order valence-electron chi connectivity index (χ1n) is 8.00. The Kier molecular flexibility index (Phi) is 4.52. The lowest BCUT2D eigenvalue weighted by Gasteiger charge is -2.44. The molecular weight excluding hydrogens is 268 g/mol. The molecule has 3 rings (SSSR count). The fourth-order valence-corrected chi connectivity index (χ4v) is 4.01. The van der Waals surface area contributed by atoms with Crippen LogP contribution in [0.4, 0.5) is 5.69 Å². The molecule has 3 heteroatoms. The maximum Gasteiger partial charge on any atom is 0.0639 e. The predicted molar refractivity (Wildman–Crippen MR) is 86.6 cm³/mol. The fraction of sp³-hybridized carbons (Fsp3) is 0.647. The Labute approximate surface area is 127 Å². The number of anilines is 1. The van der Waals surface area contributed by atoms with Gasteiger partial charge in [-0.05, 0) is 37.8 Å². The summed E-state index contributed by atoms with van der Waals surface area (Å²) >= 11 is 6.39. The van der Waals surface area contributed by atoms with Crippen molar-refractivity contribution in [2.75, 3.05) is 18.0 Å². The van der Waals surface area contributed by atoms with Gasteiger partial charge in [0.2, 0.25) is 0 Å². The molecule has 110 valence electrons. The Morgan fingerprint density at radius 1 is 1.15 bits per heavy atom. The lowest BCUT2D eigenvalue weighted by molar-refractivity contribution is 0.245. The first-order chi connectivity index (χ1) is 9.75. The van der Waals surface area contributed by atoms with E-state index in [1.54, 1.807) is 0 Å². The van der Waals surface area contributed by atoms with E-state index in [1.807, 2.05) is 12.1 Å². The van der Waals surface area contributed by atoms with E-state index in [4.69, 9.17) is 11.6 Å². The molecule has 1 aliphatic carbocycles. The van der Waals surface area contributed by atoms with Crippen LogP contribution in [-0.4, -0.2) is 25.2 Å². The third-order valence-electron chi connectivity index (χ3n) is 4.98. The minimum Gasteiger partial charge on any atom is -0.365 e. The van der Waals surface area contributed by atoms with Gasteiger partial charge in [-0.25, -0.2) is 0 Å². The Balaban J connectivity index is 1.74. The number of piperazine rings is 1. The second-order valence-electron chi connectivity index (χ2n) is 6.37. The number of nitrogens with one attached hydrogen (secondary N) is 1. The molecule has 0 bridgehead atoms. The van der Waals surface area contributed by atoms with Gasteiger partial charge in [-0.15, -0.1) is 0 Å². The zero-order valence-corrected chi connectivity index (χ0v) is 13.1. The molecule has 0 spiro atoms. The molecule has 1 aromatic carbocycles. The molecule has 2 atom stereocenters. The second kappa shape index (κ2) is 6.36. The smallest absolute Gasteiger partial charge is 0.0639 e. The number of nitrogens with zero attached hydrogens (tertiary/aromatic N) is 1. The highest BCUT2D eigenvalue weighted by Gasteiger charge is 2.31. The van der Waals surface area contributed by atoms with Gasteiger partial charge < -0.3 is 10.2 Å². The van der Waals surface area contributed by atoms with Crippen molar-refractivity contribution in [3.63, 3.8) is 0 Å². The standard InChI is InChI=1S/C17H25ClN2/c1-13-11-19-16(14-7-3-2-4-8-14)12-20(13)17-10-6-5-9-15(17)18/h5-6,9-10,13-14,16,19H,2-4,7-8,11-12H2,1H3. The minimum absolute atomic E-state index is 0.509. The Hall–Kier alpha value is -0.730. The molecular formula is C17H25ClN2. The van der Waals surface area contributed by atoms with Gasteiger partial charge in [-0.1, -0.05) is 43.0 Å². The number of benzene rings is 1. The summed E-state index contributed by atoms with van der Waals surface area (Å²) in [6, 6.07) is 9.39. The van der Waals surface area contributed by atoms with E-state index in [0.717, 1.165) is 24.0 Å². The molecule has 2 aliphatic rings. The molecule has 2 unspecified atom stereocenters. The van der Waals surface area contributed by atoms with E-state index in [0.29, 0.717) is 12.1 Å². The van der Waals surface area contributed by atoms with E-state index in [1.165, 1.54) is 37.8 Å². The van der Waals surface area contributed by atoms with Gasteiger partial charge in [0.05, 0.1) is 10.7 Å². The van der Waals surface area contributed by atoms with Gasteiger partial charge in [0.15, 0.2) is 0 Å². The van der Waals surface area contributed by atoms with Crippen molar-refractivity contribution in [2.24, 2.45) is 5.92 Å². The van der Waals surface area contributed by atoms with Crippen LogP contribution in [0.25, 0.3) is 0 Å². The van der Waals surface area contributed by atoms with Crippen LogP contribution < -0.4 is 10.2 Å². The van der Waals surface area contributed by atoms with Crippen molar-refractivity contribution in [3.05, 3.63) is 29.3 Å². The zero-order valence-electron chi connectivity index (χ0n) is 12.3. The van der Waals surface area contributed by atoms with Gasteiger partial charge in [-0.2, -0.15) is 0 Å². The number of para-hydroxylation sites is 1. The zero-order chi connectivity index (χ0) is 13.9. The number of hydrogen-bond acceptors (Lipinski definition) is 2. The van der Waals surface area contributed by atoms with Crippen LogP contribution in [0.1, 0.15) is 39.0 Å². The third-order valence-corrected chi connectivity index (χ3v) is 5.30. The summed E-state index contributed by atoms with van der Waals surface area (Å²) < 4.78 is 0. The SMILES string of the molecule is CC1CNC(C2CCCCC2)CN1c1ccccc1Cl. The maximum atomic E-state index is 6.39. The summed E-state index contributed by atoms with van der Waals surface area (Å²) in [5.74, 6) is 0.848. The highest BCUT2D eigenvalue weighted by molar-refractivity contribution is 6.33. The second-order valence-corrected chi connectivity index (χ2v) is 6.77. The lowest BCUT2D eigenvalue weighted by atomic mass is 9.82. The molecule has 1 saturated heterocycles. The number of halogens is 1. The van der Waals surface area contributed by atoms with E-state index in [-0.39, 0.29) is 0 Å². The summed E-state index contributed by atoms with van der Waals surface area (Å²) in [5.41, 5.74) is 1.20. The van der Waals surface area contributed by atoms with E-state index in [9.17, 15) is 0 Å². The molecule has 0 radical (unpaired) electrons. The van der Waals surface area contributed by atoms with Gasteiger partial charge >= 0.3 is 0 Å². The van der Waals surface area contributed by atoms with Crippen molar-refractivity contribution in [1.82, 2.24) is 5.32 Å². The summed E-state index contributed by atoms with van der Waals surface area (Å²) in [4.78, 5) is 2.50. The molecule has 2 fully saturated rings. The van der Waals surface area contributed by atoms with Gasteiger partial charge in [-0.3, -0.25) is 0 Å². The average molecular weight is 293 g/mol. The quantitative estimate of drug-likeness (QED) is 0.883. The third kappa shape index (κ3) is 2.96.